The summed E-state index contributed by atoms with van der Waals surface area (Å²) in [4.78, 5) is 0. The van der Waals surface area contributed by atoms with E-state index in [9.17, 15) is 0 Å². The number of thioether (sulfide) groups is 1. The highest BCUT2D eigenvalue weighted by Crippen LogP contribution is 2.42. The van der Waals surface area contributed by atoms with Crippen LogP contribution < -0.4 is 14.8 Å². The van der Waals surface area contributed by atoms with Crippen LogP contribution in [0.1, 0.15) is 17.9 Å². The van der Waals surface area contributed by atoms with E-state index in [4.69, 9.17) is 21.1 Å². The number of nitrogens with one attached hydrogen (secondary N) is 1. The van der Waals surface area contributed by atoms with Crippen molar-refractivity contribution in [3.8, 4) is 11.5 Å². The summed E-state index contributed by atoms with van der Waals surface area (Å²) >= 11 is 8.12. The Morgan fingerprint density at radius 1 is 1.35 bits per heavy atom. The van der Waals surface area contributed by atoms with Gasteiger partial charge in [0.1, 0.15) is 13.2 Å². The monoisotopic (exact) mass is 271 g/mol. The number of hydrogen-bond donors (Lipinski definition) is 1. The molecule has 1 N–H and O–H groups in total. The molecule has 1 saturated heterocycles. The standard InChI is InChI=1S/C12H14ClNO2S/c1-7-6-17-12(14-7)8-4-9(13)11-10(5-8)15-2-3-16-11/h4-5,7,12,14H,2-3,6H2,1H3. The summed E-state index contributed by atoms with van der Waals surface area (Å²) in [6.07, 6.45) is 0. The highest BCUT2D eigenvalue weighted by atomic mass is 35.5. The SMILES string of the molecule is CC1CSC(c2cc(Cl)c3c(c2)OCCO3)N1. The van der Waals surface area contributed by atoms with Crippen LogP contribution in [-0.2, 0) is 0 Å². The molecule has 2 aliphatic rings. The van der Waals surface area contributed by atoms with Gasteiger partial charge in [-0.3, -0.25) is 5.32 Å². The molecular weight excluding hydrogens is 258 g/mol. The number of rotatable bonds is 1. The Labute approximate surface area is 110 Å². The zero-order valence-electron chi connectivity index (χ0n) is 9.53. The molecule has 1 aromatic rings. The van der Waals surface area contributed by atoms with Crippen molar-refractivity contribution in [3.63, 3.8) is 0 Å². The van der Waals surface area contributed by atoms with Gasteiger partial charge >= 0.3 is 0 Å². The van der Waals surface area contributed by atoms with E-state index >= 15 is 0 Å². The fourth-order valence-electron chi connectivity index (χ4n) is 2.07. The van der Waals surface area contributed by atoms with Gasteiger partial charge in [0, 0.05) is 11.8 Å². The van der Waals surface area contributed by atoms with Gasteiger partial charge in [-0.2, -0.15) is 0 Å². The van der Waals surface area contributed by atoms with Crippen molar-refractivity contribution in [1.82, 2.24) is 5.32 Å². The van der Waals surface area contributed by atoms with Crippen LogP contribution in [0.4, 0.5) is 0 Å². The van der Waals surface area contributed by atoms with E-state index in [1.165, 1.54) is 0 Å². The summed E-state index contributed by atoms with van der Waals surface area (Å²) < 4.78 is 11.1. The van der Waals surface area contributed by atoms with Gasteiger partial charge in [0.2, 0.25) is 0 Å². The van der Waals surface area contributed by atoms with Crippen molar-refractivity contribution in [2.75, 3.05) is 19.0 Å². The summed E-state index contributed by atoms with van der Waals surface area (Å²) in [5.74, 6) is 2.56. The third-order valence-electron chi connectivity index (χ3n) is 2.87. The van der Waals surface area contributed by atoms with E-state index in [2.05, 4.69) is 12.2 Å². The number of fused-ring (bicyclic) bond motifs is 1. The first kappa shape index (κ1) is 11.5. The van der Waals surface area contributed by atoms with Gasteiger partial charge in [-0.15, -0.1) is 11.8 Å². The maximum absolute atomic E-state index is 6.22. The third-order valence-corrected chi connectivity index (χ3v) is 4.59. The molecule has 0 amide bonds. The predicted octanol–water partition coefficient (Wildman–Crippen LogP) is 2.83. The molecule has 0 aliphatic carbocycles. The van der Waals surface area contributed by atoms with Crippen LogP contribution >= 0.6 is 23.4 Å². The second-order valence-electron chi connectivity index (χ2n) is 4.31. The Morgan fingerprint density at radius 2 is 2.18 bits per heavy atom. The summed E-state index contributed by atoms with van der Waals surface area (Å²) in [7, 11) is 0. The molecule has 1 fully saturated rings. The lowest BCUT2D eigenvalue weighted by molar-refractivity contribution is 0.171. The molecule has 0 spiro atoms. The Hall–Kier alpha value is -0.580. The number of halogens is 1. The lowest BCUT2D eigenvalue weighted by Gasteiger charge is -2.21. The van der Waals surface area contributed by atoms with Gasteiger partial charge in [-0.25, -0.2) is 0 Å². The van der Waals surface area contributed by atoms with Crippen molar-refractivity contribution in [1.29, 1.82) is 0 Å². The first-order valence-corrected chi connectivity index (χ1v) is 7.13. The van der Waals surface area contributed by atoms with E-state index in [1.807, 2.05) is 23.9 Å². The average molecular weight is 272 g/mol. The van der Waals surface area contributed by atoms with Crippen LogP contribution in [0.5, 0.6) is 11.5 Å². The first-order valence-electron chi connectivity index (χ1n) is 5.71. The molecule has 2 atom stereocenters. The summed E-state index contributed by atoms with van der Waals surface area (Å²) in [6.45, 7) is 3.35. The quantitative estimate of drug-likeness (QED) is 0.851. The first-order chi connectivity index (χ1) is 8.24. The summed E-state index contributed by atoms with van der Waals surface area (Å²) in [5, 5.41) is 4.45. The molecule has 0 bridgehead atoms. The van der Waals surface area contributed by atoms with Crippen LogP contribution in [0.2, 0.25) is 5.02 Å². The Morgan fingerprint density at radius 3 is 2.94 bits per heavy atom. The zero-order chi connectivity index (χ0) is 11.8. The largest absolute Gasteiger partial charge is 0.486 e. The van der Waals surface area contributed by atoms with E-state index in [-0.39, 0.29) is 0 Å². The van der Waals surface area contributed by atoms with Gasteiger partial charge in [0.15, 0.2) is 11.5 Å². The molecule has 3 rings (SSSR count). The Bertz CT molecular complexity index is 441. The summed E-state index contributed by atoms with van der Waals surface area (Å²) in [5.41, 5.74) is 1.16. The third kappa shape index (κ3) is 2.21. The fourth-order valence-corrected chi connectivity index (χ4v) is 3.58. The highest BCUT2D eigenvalue weighted by Gasteiger charge is 2.25. The fraction of sp³-hybridized carbons (Fsp3) is 0.500. The maximum Gasteiger partial charge on any atom is 0.179 e. The number of hydrogen-bond acceptors (Lipinski definition) is 4. The van der Waals surface area contributed by atoms with E-state index < -0.39 is 0 Å². The van der Waals surface area contributed by atoms with Crippen molar-refractivity contribution in [2.45, 2.75) is 18.3 Å². The molecule has 3 nitrogen and oxygen atoms in total. The van der Waals surface area contributed by atoms with Crippen LogP contribution in [0.3, 0.4) is 0 Å². The van der Waals surface area contributed by atoms with Gasteiger partial charge in [-0.05, 0) is 24.6 Å². The second kappa shape index (κ2) is 4.59. The Kier molecular flexibility index (Phi) is 3.11. The molecule has 0 aromatic heterocycles. The van der Waals surface area contributed by atoms with E-state index in [0.29, 0.717) is 35.4 Å². The van der Waals surface area contributed by atoms with Gasteiger partial charge in [-0.1, -0.05) is 11.6 Å². The van der Waals surface area contributed by atoms with Gasteiger partial charge in [0.05, 0.1) is 10.4 Å². The van der Waals surface area contributed by atoms with Crippen LogP contribution in [-0.4, -0.2) is 25.0 Å². The predicted molar refractivity (Wildman–Crippen MR) is 70.2 cm³/mol. The van der Waals surface area contributed by atoms with E-state index in [0.717, 1.165) is 17.1 Å². The molecule has 5 heteroatoms. The van der Waals surface area contributed by atoms with Crippen molar-refractivity contribution in [2.24, 2.45) is 0 Å². The minimum Gasteiger partial charge on any atom is -0.486 e. The lowest BCUT2D eigenvalue weighted by atomic mass is 10.2. The molecule has 0 saturated carbocycles. The topological polar surface area (TPSA) is 30.5 Å². The van der Waals surface area contributed by atoms with Crippen LogP contribution in [0.25, 0.3) is 0 Å². The van der Waals surface area contributed by atoms with Crippen LogP contribution in [0, 0.1) is 0 Å². The van der Waals surface area contributed by atoms with Gasteiger partial charge < -0.3 is 9.47 Å². The lowest BCUT2D eigenvalue weighted by Crippen LogP contribution is -2.22. The maximum atomic E-state index is 6.22. The van der Waals surface area contributed by atoms with Crippen molar-refractivity contribution in [3.05, 3.63) is 22.7 Å². The van der Waals surface area contributed by atoms with E-state index in [1.54, 1.807) is 0 Å². The van der Waals surface area contributed by atoms with Crippen molar-refractivity contribution >= 4 is 23.4 Å². The molecule has 2 unspecified atom stereocenters. The van der Waals surface area contributed by atoms with Crippen LogP contribution in [0.15, 0.2) is 12.1 Å². The molecule has 0 radical (unpaired) electrons. The molecular formula is C12H14ClNO2S. The average Bonchev–Trinajstić information content (AvgIpc) is 2.76. The number of ether oxygens (including phenoxy) is 2. The van der Waals surface area contributed by atoms with Crippen molar-refractivity contribution < 1.29 is 9.47 Å². The smallest absolute Gasteiger partial charge is 0.179 e. The zero-order valence-corrected chi connectivity index (χ0v) is 11.1. The molecule has 2 aliphatic heterocycles. The number of benzene rings is 1. The minimum absolute atomic E-state index is 0.304. The highest BCUT2D eigenvalue weighted by molar-refractivity contribution is 7.99. The molecule has 2 heterocycles. The summed E-state index contributed by atoms with van der Waals surface area (Å²) in [6, 6.07) is 4.54. The normalized spacial score (nSPS) is 27.2. The van der Waals surface area contributed by atoms with Gasteiger partial charge in [0.25, 0.3) is 0 Å². The molecule has 92 valence electrons. The molecule has 17 heavy (non-hydrogen) atoms. The second-order valence-corrected chi connectivity index (χ2v) is 5.85. The Balaban J connectivity index is 1.93. The minimum atomic E-state index is 0.304. The molecule has 1 aromatic carbocycles.